The highest BCUT2D eigenvalue weighted by Crippen LogP contribution is 2.25. The van der Waals surface area contributed by atoms with Crippen LogP contribution in [-0.4, -0.2) is 39.6 Å². The van der Waals surface area contributed by atoms with Crippen molar-refractivity contribution in [3.8, 4) is 0 Å². The van der Waals surface area contributed by atoms with Crippen molar-refractivity contribution in [3.63, 3.8) is 0 Å². The van der Waals surface area contributed by atoms with E-state index in [0.29, 0.717) is 6.04 Å². The summed E-state index contributed by atoms with van der Waals surface area (Å²) in [5.41, 5.74) is 1.98. The van der Waals surface area contributed by atoms with Crippen LogP contribution >= 0.6 is 0 Å². The second-order valence-electron chi connectivity index (χ2n) is 7.14. The zero-order chi connectivity index (χ0) is 16.5. The number of nitrogens with one attached hydrogen (secondary N) is 1. The van der Waals surface area contributed by atoms with Crippen LogP contribution < -0.4 is 10.2 Å². The standard InChI is InChI=1S/C18H25N5O/c1-13-6-4-10-16-20-21-18(23(13)16)22-11-5-7-14(12-22)17(24)19-15-8-2-3-9-15/h4,6,10,14-15H,2-3,5,7-9,11-12H2,1H3,(H,19,24). The molecule has 2 aromatic heterocycles. The van der Waals surface area contributed by atoms with Gasteiger partial charge in [0, 0.05) is 24.8 Å². The zero-order valence-electron chi connectivity index (χ0n) is 14.2. The molecular weight excluding hydrogens is 302 g/mol. The van der Waals surface area contributed by atoms with Gasteiger partial charge in [0.25, 0.3) is 0 Å². The SMILES string of the molecule is Cc1cccc2nnc(N3CCCC(C(=O)NC4CCCC4)C3)n12. The number of rotatable bonds is 3. The predicted molar refractivity (Wildman–Crippen MR) is 93.1 cm³/mol. The molecule has 1 N–H and O–H groups in total. The quantitative estimate of drug-likeness (QED) is 0.940. The molecule has 1 aliphatic carbocycles. The third-order valence-corrected chi connectivity index (χ3v) is 5.38. The fourth-order valence-corrected chi connectivity index (χ4v) is 4.05. The van der Waals surface area contributed by atoms with Crippen LogP contribution in [-0.2, 0) is 4.79 Å². The van der Waals surface area contributed by atoms with Crippen molar-refractivity contribution in [2.75, 3.05) is 18.0 Å². The number of piperidine rings is 1. The Morgan fingerprint density at radius 2 is 2.00 bits per heavy atom. The van der Waals surface area contributed by atoms with E-state index in [4.69, 9.17) is 0 Å². The Morgan fingerprint density at radius 3 is 2.83 bits per heavy atom. The lowest BCUT2D eigenvalue weighted by Crippen LogP contribution is -2.46. The molecule has 0 aromatic carbocycles. The Bertz CT molecular complexity index is 734. The van der Waals surface area contributed by atoms with Crippen LogP contribution in [0.5, 0.6) is 0 Å². The third kappa shape index (κ3) is 2.85. The summed E-state index contributed by atoms with van der Waals surface area (Å²) in [4.78, 5) is 14.8. The third-order valence-electron chi connectivity index (χ3n) is 5.38. The summed E-state index contributed by atoms with van der Waals surface area (Å²) in [5, 5.41) is 11.9. The van der Waals surface area contributed by atoms with E-state index >= 15 is 0 Å². The van der Waals surface area contributed by atoms with Crippen molar-refractivity contribution in [2.45, 2.75) is 51.5 Å². The van der Waals surface area contributed by atoms with E-state index in [9.17, 15) is 4.79 Å². The molecule has 1 atom stereocenters. The molecule has 2 aliphatic rings. The van der Waals surface area contributed by atoms with Gasteiger partial charge >= 0.3 is 0 Å². The monoisotopic (exact) mass is 327 g/mol. The second-order valence-corrected chi connectivity index (χ2v) is 7.14. The molecule has 2 fully saturated rings. The number of pyridine rings is 1. The number of aromatic nitrogens is 3. The Balaban J connectivity index is 1.50. The first kappa shape index (κ1) is 15.4. The van der Waals surface area contributed by atoms with Gasteiger partial charge in [-0.2, -0.15) is 0 Å². The number of hydrogen-bond acceptors (Lipinski definition) is 4. The summed E-state index contributed by atoms with van der Waals surface area (Å²) in [5.74, 6) is 1.13. The molecule has 128 valence electrons. The largest absolute Gasteiger partial charge is 0.353 e. The fraction of sp³-hybridized carbons (Fsp3) is 0.611. The van der Waals surface area contributed by atoms with E-state index < -0.39 is 0 Å². The average Bonchev–Trinajstić information content (AvgIpc) is 3.25. The van der Waals surface area contributed by atoms with Crippen molar-refractivity contribution in [3.05, 3.63) is 23.9 Å². The molecule has 4 rings (SSSR count). The fourth-order valence-electron chi connectivity index (χ4n) is 4.05. The van der Waals surface area contributed by atoms with Crippen LogP contribution in [0.15, 0.2) is 18.2 Å². The predicted octanol–water partition coefficient (Wildman–Crippen LogP) is 2.31. The highest BCUT2D eigenvalue weighted by atomic mass is 16.2. The lowest BCUT2D eigenvalue weighted by atomic mass is 9.97. The van der Waals surface area contributed by atoms with Gasteiger partial charge in [-0.05, 0) is 44.7 Å². The van der Waals surface area contributed by atoms with Gasteiger partial charge in [-0.1, -0.05) is 18.9 Å². The maximum absolute atomic E-state index is 12.6. The Morgan fingerprint density at radius 1 is 1.17 bits per heavy atom. The number of amides is 1. The summed E-state index contributed by atoms with van der Waals surface area (Å²) in [6.07, 6.45) is 6.74. The summed E-state index contributed by atoms with van der Waals surface area (Å²) in [6.45, 7) is 3.73. The van der Waals surface area contributed by atoms with Crippen molar-refractivity contribution in [2.24, 2.45) is 5.92 Å². The lowest BCUT2D eigenvalue weighted by Gasteiger charge is -2.32. The molecule has 3 heterocycles. The van der Waals surface area contributed by atoms with Gasteiger partial charge in [-0.3, -0.25) is 9.20 Å². The molecule has 2 aromatic rings. The topological polar surface area (TPSA) is 62.5 Å². The first-order chi connectivity index (χ1) is 11.7. The van der Waals surface area contributed by atoms with E-state index in [1.807, 2.05) is 12.1 Å². The molecule has 0 radical (unpaired) electrons. The number of nitrogens with zero attached hydrogens (tertiary/aromatic N) is 4. The van der Waals surface area contributed by atoms with Crippen LogP contribution in [0.1, 0.15) is 44.2 Å². The molecule has 24 heavy (non-hydrogen) atoms. The van der Waals surface area contributed by atoms with E-state index in [1.54, 1.807) is 0 Å². The number of anilines is 1. The maximum Gasteiger partial charge on any atom is 0.231 e. The molecule has 6 heteroatoms. The number of aryl methyl sites for hydroxylation is 1. The Kier molecular flexibility index (Phi) is 4.12. The normalized spacial score (nSPS) is 22.2. The number of hydrogen-bond donors (Lipinski definition) is 1. The first-order valence-corrected chi connectivity index (χ1v) is 9.08. The van der Waals surface area contributed by atoms with Gasteiger partial charge in [-0.25, -0.2) is 0 Å². The van der Waals surface area contributed by atoms with Gasteiger partial charge < -0.3 is 10.2 Å². The van der Waals surface area contributed by atoms with Gasteiger partial charge in [0.1, 0.15) is 0 Å². The Hall–Kier alpha value is -2.11. The molecule has 0 spiro atoms. The van der Waals surface area contributed by atoms with E-state index in [2.05, 4.69) is 37.8 Å². The maximum atomic E-state index is 12.6. The minimum absolute atomic E-state index is 0.0516. The van der Waals surface area contributed by atoms with Crippen molar-refractivity contribution < 1.29 is 4.79 Å². The second kappa shape index (κ2) is 6.42. The Labute approximate surface area is 142 Å². The molecular formula is C18H25N5O. The van der Waals surface area contributed by atoms with Crippen LogP contribution in [0.3, 0.4) is 0 Å². The summed E-state index contributed by atoms with van der Waals surface area (Å²) >= 11 is 0. The van der Waals surface area contributed by atoms with Crippen LogP contribution in [0, 0.1) is 12.8 Å². The van der Waals surface area contributed by atoms with Crippen LogP contribution in [0.2, 0.25) is 0 Å². The van der Waals surface area contributed by atoms with Gasteiger partial charge in [0.05, 0.1) is 5.92 Å². The molecule has 6 nitrogen and oxygen atoms in total. The molecule has 0 bridgehead atoms. The summed E-state index contributed by atoms with van der Waals surface area (Å²) in [6, 6.07) is 6.42. The van der Waals surface area contributed by atoms with Crippen molar-refractivity contribution in [1.29, 1.82) is 0 Å². The van der Waals surface area contributed by atoms with E-state index in [-0.39, 0.29) is 11.8 Å². The zero-order valence-corrected chi connectivity index (χ0v) is 14.2. The highest BCUT2D eigenvalue weighted by molar-refractivity contribution is 5.79. The van der Waals surface area contributed by atoms with Crippen molar-refractivity contribution >= 4 is 17.5 Å². The van der Waals surface area contributed by atoms with Crippen LogP contribution in [0.4, 0.5) is 5.95 Å². The lowest BCUT2D eigenvalue weighted by molar-refractivity contribution is -0.125. The number of carbonyl (C=O) groups is 1. The highest BCUT2D eigenvalue weighted by Gasteiger charge is 2.30. The average molecular weight is 327 g/mol. The van der Waals surface area contributed by atoms with Gasteiger partial charge in [0.15, 0.2) is 5.65 Å². The number of fused-ring (bicyclic) bond motifs is 1. The molecule has 1 amide bonds. The molecule has 1 saturated carbocycles. The molecule has 1 saturated heterocycles. The van der Waals surface area contributed by atoms with Crippen molar-refractivity contribution in [1.82, 2.24) is 19.9 Å². The van der Waals surface area contributed by atoms with Gasteiger partial charge in [0.2, 0.25) is 11.9 Å². The summed E-state index contributed by atoms with van der Waals surface area (Å²) in [7, 11) is 0. The van der Waals surface area contributed by atoms with Crippen LogP contribution in [0.25, 0.3) is 5.65 Å². The summed E-state index contributed by atoms with van der Waals surface area (Å²) < 4.78 is 2.08. The molecule has 1 unspecified atom stereocenters. The van der Waals surface area contributed by atoms with E-state index in [0.717, 1.165) is 56.1 Å². The smallest absolute Gasteiger partial charge is 0.231 e. The molecule has 1 aliphatic heterocycles. The van der Waals surface area contributed by atoms with Gasteiger partial charge in [-0.15, -0.1) is 10.2 Å². The minimum Gasteiger partial charge on any atom is -0.353 e. The number of carbonyl (C=O) groups excluding carboxylic acids is 1. The minimum atomic E-state index is 0.0516. The van der Waals surface area contributed by atoms with E-state index in [1.165, 1.54) is 12.8 Å². The first-order valence-electron chi connectivity index (χ1n) is 9.08.